The monoisotopic (exact) mass is 452 g/mol. The lowest BCUT2D eigenvalue weighted by molar-refractivity contribution is -0.123. The zero-order chi connectivity index (χ0) is 20.8. The number of benzene rings is 2. The molecule has 150 valence electrons. The van der Waals surface area contributed by atoms with E-state index < -0.39 is 5.91 Å². The topological polar surface area (TPSA) is 73.1 Å². The Morgan fingerprint density at radius 3 is 2.55 bits per heavy atom. The van der Waals surface area contributed by atoms with Crippen molar-refractivity contribution in [3.05, 3.63) is 69.4 Å². The number of hydrogen-bond acceptors (Lipinski definition) is 5. The van der Waals surface area contributed by atoms with Crippen LogP contribution in [0.3, 0.4) is 0 Å². The summed E-state index contributed by atoms with van der Waals surface area (Å²) in [5.41, 5.74) is 3.13. The van der Waals surface area contributed by atoms with E-state index in [9.17, 15) is 4.79 Å². The lowest BCUT2D eigenvalue weighted by atomic mass is 10.2. The van der Waals surface area contributed by atoms with Crippen LogP contribution in [0.4, 0.5) is 0 Å². The van der Waals surface area contributed by atoms with Gasteiger partial charge in [-0.05, 0) is 48.5 Å². The second-order valence-electron chi connectivity index (χ2n) is 5.71. The second kappa shape index (κ2) is 9.69. The number of carbonyl (C=O) groups excluding carboxylic acids is 1. The zero-order valence-electron chi connectivity index (χ0n) is 15.1. The molecule has 1 N–H and O–H groups in total. The van der Waals surface area contributed by atoms with E-state index in [-0.39, 0.29) is 6.61 Å². The molecule has 1 aromatic heterocycles. The van der Waals surface area contributed by atoms with E-state index in [0.717, 1.165) is 5.56 Å². The molecule has 6 nitrogen and oxygen atoms in total. The molecule has 0 aliphatic heterocycles. The van der Waals surface area contributed by atoms with Gasteiger partial charge >= 0.3 is 0 Å². The van der Waals surface area contributed by atoms with E-state index in [2.05, 4.69) is 10.5 Å². The average molecular weight is 454 g/mol. The van der Waals surface area contributed by atoms with Gasteiger partial charge in [0.1, 0.15) is 23.0 Å². The Hall–Kier alpha value is -2.67. The second-order valence-corrected chi connectivity index (χ2v) is 6.96. The summed E-state index contributed by atoms with van der Waals surface area (Å²) in [4.78, 5) is 11.8. The highest BCUT2D eigenvalue weighted by Crippen LogP contribution is 2.31. The van der Waals surface area contributed by atoms with Gasteiger partial charge in [0, 0.05) is 10.6 Å². The highest BCUT2D eigenvalue weighted by molar-refractivity contribution is 6.35. The number of rotatable bonds is 7. The summed E-state index contributed by atoms with van der Waals surface area (Å²) in [5, 5.41) is 5.11. The minimum absolute atomic E-state index is 0.257. The van der Waals surface area contributed by atoms with Crippen LogP contribution in [0, 0.1) is 0 Å². The smallest absolute Gasteiger partial charge is 0.277 e. The lowest BCUT2D eigenvalue weighted by Gasteiger charge is -2.06. The van der Waals surface area contributed by atoms with Gasteiger partial charge in [-0.1, -0.05) is 34.8 Å². The predicted octanol–water partition coefficient (Wildman–Crippen LogP) is 5.44. The van der Waals surface area contributed by atoms with Crippen LogP contribution in [-0.4, -0.2) is 25.8 Å². The van der Waals surface area contributed by atoms with Gasteiger partial charge in [0.05, 0.1) is 23.4 Å². The Bertz CT molecular complexity index is 1050. The van der Waals surface area contributed by atoms with Crippen molar-refractivity contribution in [1.29, 1.82) is 0 Å². The number of hydrazone groups is 1. The molecule has 0 atom stereocenters. The summed E-state index contributed by atoms with van der Waals surface area (Å²) in [6, 6.07) is 13.5. The van der Waals surface area contributed by atoms with Crippen LogP contribution in [0.15, 0.2) is 58.0 Å². The molecule has 0 bridgehead atoms. The van der Waals surface area contributed by atoms with Crippen LogP contribution >= 0.6 is 34.8 Å². The van der Waals surface area contributed by atoms with Gasteiger partial charge in [-0.3, -0.25) is 4.79 Å². The third-order valence-corrected chi connectivity index (χ3v) is 4.52. The lowest BCUT2D eigenvalue weighted by Crippen LogP contribution is -2.24. The summed E-state index contributed by atoms with van der Waals surface area (Å²) < 4.78 is 16.1. The number of amides is 1. The Balaban J connectivity index is 1.54. The molecule has 0 saturated heterocycles. The van der Waals surface area contributed by atoms with Crippen LogP contribution in [0.1, 0.15) is 5.76 Å². The number of halogens is 3. The Morgan fingerprint density at radius 1 is 1.07 bits per heavy atom. The summed E-state index contributed by atoms with van der Waals surface area (Å²) in [5.74, 6) is 1.52. The molecule has 0 spiro atoms. The van der Waals surface area contributed by atoms with Gasteiger partial charge in [-0.15, -0.1) is 0 Å². The number of ether oxygens (including phenoxy) is 2. The fraction of sp³-hybridized carbons (Fsp3) is 0.100. The van der Waals surface area contributed by atoms with E-state index >= 15 is 0 Å². The van der Waals surface area contributed by atoms with Crippen molar-refractivity contribution >= 4 is 46.9 Å². The Labute approximate surface area is 182 Å². The first-order valence-electron chi connectivity index (χ1n) is 8.30. The minimum Gasteiger partial charge on any atom is -0.495 e. The average Bonchev–Trinajstić information content (AvgIpc) is 3.16. The van der Waals surface area contributed by atoms with Gasteiger partial charge < -0.3 is 13.9 Å². The normalized spacial score (nSPS) is 10.9. The van der Waals surface area contributed by atoms with Gasteiger partial charge in [0.2, 0.25) is 0 Å². The molecule has 0 fully saturated rings. The van der Waals surface area contributed by atoms with E-state index in [0.29, 0.717) is 38.1 Å². The van der Waals surface area contributed by atoms with Crippen LogP contribution in [0.25, 0.3) is 11.3 Å². The molecule has 3 rings (SSSR count). The van der Waals surface area contributed by atoms with Gasteiger partial charge in [-0.25, -0.2) is 5.43 Å². The third kappa shape index (κ3) is 5.67. The van der Waals surface area contributed by atoms with Crippen LogP contribution in [-0.2, 0) is 4.79 Å². The number of nitrogens with one attached hydrogen (secondary N) is 1. The number of hydrogen-bond donors (Lipinski definition) is 1. The Morgan fingerprint density at radius 2 is 1.83 bits per heavy atom. The largest absolute Gasteiger partial charge is 0.495 e. The van der Waals surface area contributed by atoms with Crippen molar-refractivity contribution in [2.75, 3.05) is 13.7 Å². The zero-order valence-corrected chi connectivity index (χ0v) is 17.4. The van der Waals surface area contributed by atoms with Crippen molar-refractivity contribution in [2.24, 2.45) is 5.10 Å². The fourth-order valence-electron chi connectivity index (χ4n) is 2.33. The van der Waals surface area contributed by atoms with Gasteiger partial charge in [0.15, 0.2) is 6.61 Å². The van der Waals surface area contributed by atoms with Crippen molar-refractivity contribution in [1.82, 2.24) is 5.43 Å². The first-order valence-corrected chi connectivity index (χ1v) is 9.43. The van der Waals surface area contributed by atoms with E-state index in [1.165, 1.54) is 12.3 Å². The van der Waals surface area contributed by atoms with Crippen LogP contribution in [0.2, 0.25) is 15.1 Å². The minimum atomic E-state index is -0.457. The first-order chi connectivity index (χ1) is 14.0. The summed E-state index contributed by atoms with van der Waals surface area (Å²) >= 11 is 17.9. The van der Waals surface area contributed by atoms with E-state index in [1.807, 2.05) is 6.07 Å². The van der Waals surface area contributed by atoms with Crippen molar-refractivity contribution in [3.8, 4) is 22.8 Å². The van der Waals surface area contributed by atoms with Crippen molar-refractivity contribution in [3.63, 3.8) is 0 Å². The number of furan rings is 1. The molecule has 0 radical (unpaired) electrons. The predicted molar refractivity (Wildman–Crippen MR) is 113 cm³/mol. The van der Waals surface area contributed by atoms with E-state index in [1.54, 1.807) is 43.5 Å². The number of methoxy groups -OCH3 is 1. The highest BCUT2D eigenvalue weighted by Gasteiger charge is 2.08. The van der Waals surface area contributed by atoms with E-state index in [4.69, 9.17) is 48.7 Å². The maximum atomic E-state index is 11.8. The maximum Gasteiger partial charge on any atom is 0.277 e. The van der Waals surface area contributed by atoms with Gasteiger partial charge in [-0.2, -0.15) is 5.10 Å². The molecular formula is C20H15Cl3N2O4. The number of nitrogens with zero attached hydrogens (tertiary/aromatic N) is 1. The summed E-state index contributed by atoms with van der Waals surface area (Å²) in [6.07, 6.45) is 1.38. The molecule has 0 aliphatic carbocycles. The van der Waals surface area contributed by atoms with Crippen LogP contribution < -0.4 is 14.9 Å². The molecule has 0 unspecified atom stereocenters. The SMILES string of the molecule is COc1ccc(-c2ccc(/C=N/NC(=O)COc3ccc(Cl)cc3Cl)o2)cc1Cl. The molecule has 9 heteroatoms. The Kier molecular flexibility index (Phi) is 7.04. The molecule has 1 amide bonds. The fourth-order valence-corrected chi connectivity index (χ4v) is 3.05. The molecule has 0 aliphatic rings. The first kappa shape index (κ1) is 21.0. The molecule has 2 aromatic carbocycles. The highest BCUT2D eigenvalue weighted by atomic mass is 35.5. The summed E-state index contributed by atoms with van der Waals surface area (Å²) in [6.45, 7) is -0.257. The molecule has 29 heavy (non-hydrogen) atoms. The van der Waals surface area contributed by atoms with Crippen molar-refractivity contribution in [2.45, 2.75) is 0 Å². The van der Waals surface area contributed by atoms with Crippen molar-refractivity contribution < 1.29 is 18.7 Å². The molecule has 3 aromatic rings. The quantitative estimate of drug-likeness (QED) is 0.382. The molecular weight excluding hydrogens is 439 g/mol. The summed E-state index contributed by atoms with van der Waals surface area (Å²) in [7, 11) is 1.55. The van der Waals surface area contributed by atoms with Gasteiger partial charge in [0.25, 0.3) is 5.91 Å². The number of carbonyl (C=O) groups is 1. The molecule has 0 saturated carbocycles. The standard InChI is InChI=1S/C20H15Cl3N2O4/c1-27-18-5-2-12(8-15(18)22)17-7-4-14(29-17)10-24-25-20(26)11-28-19-6-3-13(21)9-16(19)23/h2-10H,11H2,1H3,(H,25,26)/b24-10+. The molecule has 1 heterocycles. The maximum absolute atomic E-state index is 11.8. The van der Waals surface area contributed by atoms with Crippen LogP contribution in [0.5, 0.6) is 11.5 Å². The third-order valence-electron chi connectivity index (χ3n) is 3.70.